The van der Waals surface area contributed by atoms with Gasteiger partial charge in [0.1, 0.15) is 0 Å². The van der Waals surface area contributed by atoms with Crippen LogP contribution >= 0.6 is 0 Å². The van der Waals surface area contributed by atoms with E-state index in [0.717, 1.165) is 5.92 Å². The fourth-order valence-corrected chi connectivity index (χ4v) is 3.80. The molecule has 0 N–H and O–H groups in total. The summed E-state index contributed by atoms with van der Waals surface area (Å²) in [4.78, 5) is 2.33. The molecule has 0 aromatic heterocycles. The van der Waals surface area contributed by atoms with Crippen LogP contribution in [0.25, 0.3) is 0 Å². The molecule has 1 fully saturated rings. The molecule has 0 saturated heterocycles. The molecule has 132 valence electrons. The lowest BCUT2D eigenvalue weighted by Gasteiger charge is -2.28. The average molecular weight is 341 g/mol. The van der Waals surface area contributed by atoms with Crippen molar-refractivity contribution in [1.29, 1.82) is 0 Å². The molecule has 4 rings (SSSR count). The monoisotopic (exact) mass is 341 g/mol. The summed E-state index contributed by atoms with van der Waals surface area (Å²) >= 11 is 0. The van der Waals surface area contributed by atoms with Gasteiger partial charge in [-0.05, 0) is 73.1 Å². The average Bonchev–Trinajstić information content (AvgIpc) is 3.51. The Kier molecular flexibility index (Phi) is 4.32. The van der Waals surface area contributed by atoms with Gasteiger partial charge < -0.3 is 4.90 Å². The van der Waals surface area contributed by atoms with Crippen molar-refractivity contribution in [2.75, 3.05) is 4.90 Å². The van der Waals surface area contributed by atoms with Crippen LogP contribution in [0.4, 0.5) is 17.1 Å². The van der Waals surface area contributed by atoms with Crippen LogP contribution in [0, 0.1) is 12.8 Å². The summed E-state index contributed by atoms with van der Waals surface area (Å²) in [6.45, 7) is 6.90. The molecule has 1 aliphatic carbocycles. The van der Waals surface area contributed by atoms with E-state index >= 15 is 0 Å². The number of nitrogens with zero attached hydrogens (tertiary/aromatic N) is 1. The van der Waals surface area contributed by atoms with Crippen LogP contribution in [0.2, 0.25) is 0 Å². The summed E-state index contributed by atoms with van der Waals surface area (Å²) in [7, 11) is 0. The van der Waals surface area contributed by atoms with Crippen molar-refractivity contribution in [2.45, 2.75) is 39.0 Å². The Morgan fingerprint density at radius 3 is 1.73 bits per heavy atom. The fraction of sp³-hybridized carbons (Fsp3) is 0.280. The highest BCUT2D eigenvalue weighted by Gasteiger charge is 2.38. The minimum Gasteiger partial charge on any atom is -0.311 e. The molecule has 0 aliphatic heterocycles. The van der Waals surface area contributed by atoms with Gasteiger partial charge in [-0.3, -0.25) is 0 Å². The van der Waals surface area contributed by atoms with Gasteiger partial charge in [0.2, 0.25) is 0 Å². The highest BCUT2D eigenvalue weighted by atomic mass is 15.1. The van der Waals surface area contributed by atoms with E-state index in [1.807, 2.05) is 0 Å². The van der Waals surface area contributed by atoms with E-state index in [1.165, 1.54) is 41.0 Å². The Morgan fingerprint density at radius 2 is 1.19 bits per heavy atom. The maximum Gasteiger partial charge on any atom is 0.0461 e. The third-order valence-electron chi connectivity index (χ3n) is 5.77. The first-order valence-electron chi connectivity index (χ1n) is 9.58. The van der Waals surface area contributed by atoms with Gasteiger partial charge in [-0.1, -0.05) is 61.9 Å². The van der Waals surface area contributed by atoms with Crippen LogP contribution in [-0.4, -0.2) is 0 Å². The minimum absolute atomic E-state index is 0.278. The second-order valence-corrected chi connectivity index (χ2v) is 8.05. The van der Waals surface area contributed by atoms with Crippen molar-refractivity contribution >= 4 is 17.1 Å². The zero-order chi connectivity index (χ0) is 18.1. The lowest BCUT2D eigenvalue weighted by molar-refractivity contribution is 0.454. The highest BCUT2D eigenvalue weighted by Crippen LogP contribution is 2.47. The molecule has 1 heteroatoms. The number of aryl methyl sites for hydroxylation is 1. The Morgan fingerprint density at radius 1 is 0.692 bits per heavy atom. The van der Waals surface area contributed by atoms with Crippen molar-refractivity contribution in [3.05, 3.63) is 90.0 Å². The van der Waals surface area contributed by atoms with Crippen LogP contribution in [0.5, 0.6) is 0 Å². The molecule has 3 aromatic carbocycles. The van der Waals surface area contributed by atoms with E-state index in [9.17, 15) is 0 Å². The third-order valence-corrected chi connectivity index (χ3v) is 5.77. The molecular formula is C25H27N. The van der Waals surface area contributed by atoms with Crippen molar-refractivity contribution in [2.24, 2.45) is 5.92 Å². The van der Waals surface area contributed by atoms with E-state index < -0.39 is 0 Å². The molecule has 0 amide bonds. The van der Waals surface area contributed by atoms with E-state index in [1.54, 1.807) is 0 Å². The Bertz CT molecular complexity index is 856. The zero-order valence-electron chi connectivity index (χ0n) is 15.9. The van der Waals surface area contributed by atoms with Gasteiger partial charge >= 0.3 is 0 Å². The van der Waals surface area contributed by atoms with Gasteiger partial charge in [0.05, 0.1) is 0 Å². The third kappa shape index (κ3) is 3.26. The van der Waals surface area contributed by atoms with Crippen molar-refractivity contribution < 1.29 is 0 Å². The van der Waals surface area contributed by atoms with Crippen LogP contribution in [-0.2, 0) is 5.41 Å². The molecular weight excluding hydrogens is 314 g/mol. The number of para-hydroxylation sites is 1. The first kappa shape index (κ1) is 16.9. The number of anilines is 3. The Labute approximate surface area is 157 Å². The van der Waals surface area contributed by atoms with Gasteiger partial charge in [0, 0.05) is 17.1 Å². The van der Waals surface area contributed by atoms with Gasteiger partial charge in [0.15, 0.2) is 0 Å². The molecule has 26 heavy (non-hydrogen) atoms. The minimum atomic E-state index is 0.278. The lowest BCUT2D eigenvalue weighted by Crippen LogP contribution is -2.20. The molecule has 0 heterocycles. The van der Waals surface area contributed by atoms with Crippen LogP contribution < -0.4 is 4.90 Å². The molecule has 0 spiro atoms. The van der Waals surface area contributed by atoms with E-state index in [0.29, 0.717) is 0 Å². The van der Waals surface area contributed by atoms with E-state index in [2.05, 4.69) is 105 Å². The predicted molar refractivity (Wildman–Crippen MR) is 112 cm³/mol. The van der Waals surface area contributed by atoms with Crippen molar-refractivity contribution in [3.8, 4) is 0 Å². The van der Waals surface area contributed by atoms with Crippen molar-refractivity contribution in [1.82, 2.24) is 0 Å². The van der Waals surface area contributed by atoms with Crippen LogP contribution in [0.3, 0.4) is 0 Å². The lowest BCUT2D eigenvalue weighted by atomic mass is 9.80. The molecule has 1 nitrogen and oxygen atoms in total. The number of hydrogen-bond acceptors (Lipinski definition) is 1. The quantitative estimate of drug-likeness (QED) is 0.476. The summed E-state index contributed by atoms with van der Waals surface area (Å²) in [5.74, 6) is 0.843. The maximum absolute atomic E-state index is 2.38. The number of hydrogen-bond donors (Lipinski definition) is 0. The highest BCUT2D eigenvalue weighted by molar-refractivity contribution is 5.76. The normalized spacial score (nSPS) is 14.3. The number of rotatable bonds is 5. The maximum atomic E-state index is 2.38. The molecule has 0 atom stereocenters. The molecule has 1 saturated carbocycles. The molecule has 1 aliphatic rings. The van der Waals surface area contributed by atoms with Crippen LogP contribution in [0.15, 0.2) is 78.9 Å². The fourth-order valence-electron chi connectivity index (χ4n) is 3.80. The largest absolute Gasteiger partial charge is 0.311 e. The smallest absolute Gasteiger partial charge is 0.0461 e. The topological polar surface area (TPSA) is 3.24 Å². The summed E-state index contributed by atoms with van der Waals surface area (Å²) in [5.41, 5.74) is 6.58. The van der Waals surface area contributed by atoms with E-state index in [4.69, 9.17) is 0 Å². The van der Waals surface area contributed by atoms with Crippen molar-refractivity contribution in [3.63, 3.8) is 0 Å². The second kappa shape index (κ2) is 6.64. The zero-order valence-corrected chi connectivity index (χ0v) is 15.9. The molecule has 0 radical (unpaired) electrons. The Balaban J connectivity index is 1.73. The van der Waals surface area contributed by atoms with Gasteiger partial charge in [-0.25, -0.2) is 0 Å². The summed E-state index contributed by atoms with van der Waals surface area (Å²) < 4.78 is 0. The second-order valence-electron chi connectivity index (χ2n) is 8.05. The molecule has 0 unspecified atom stereocenters. The first-order chi connectivity index (χ1) is 12.6. The summed E-state index contributed by atoms with van der Waals surface area (Å²) in [6, 6.07) is 28.5. The van der Waals surface area contributed by atoms with E-state index in [-0.39, 0.29) is 5.41 Å². The molecule has 3 aromatic rings. The summed E-state index contributed by atoms with van der Waals surface area (Å²) in [5, 5.41) is 0. The molecule has 0 bridgehead atoms. The van der Waals surface area contributed by atoms with Gasteiger partial charge in [-0.2, -0.15) is 0 Å². The summed E-state index contributed by atoms with van der Waals surface area (Å²) in [6.07, 6.45) is 2.74. The van der Waals surface area contributed by atoms with Crippen LogP contribution in [0.1, 0.15) is 37.8 Å². The number of benzene rings is 3. The predicted octanol–water partition coefficient (Wildman–Crippen LogP) is 7.15. The SMILES string of the molecule is Cc1ccc(N(c2ccccc2)c2ccc(C(C)(C)C3CC3)cc2)cc1. The standard InChI is InChI=1S/C25H27N/c1-19-9-15-23(16-10-19)26(22-7-5-4-6-8-22)24-17-13-21(14-18-24)25(2,3)20-11-12-20/h4-10,13-18,20H,11-12H2,1-3H3. The van der Waals surface area contributed by atoms with Gasteiger partial charge in [0.25, 0.3) is 0 Å². The van der Waals surface area contributed by atoms with Gasteiger partial charge in [-0.15, -0.1) is 0 Å². The first-order valence-corrected chi connectivity index (χ1v) is 9.58. The Hall–Kier alpha value is -2.54.